The van der Waals surface area contributed by atoms with Gasteiger partial charge in [-0.25, -0.2) is 4.79 Å². The van der Waals surface area contributed by atoms with Gasteiger partial charge in [0.15, 0.2) is 0 Å². The zero-order valence-electron chi connectivity index (χ0n) is 11.9. The van der Waals surface area contributed by atoms with Gasteiger partial charge in [0.2, 0.25) is 0 Å². The number of hydrogen-bond acceptors (Lipinski definition) is 3. The van der Waals surface area contributed by atoms with Gasteiger partial charge < -0.3 is 9.47 Å². The molecule has 104 valence electrons. The maximum atomic E-state index is 11.4. The minimum Gasteiger partial charge on any atom is -0.486 e. The molecule has 3 nitrogen and oxygen atoms in total. The van der Waals surface area contributed by atoms with Crippen LogP contribution in [-0.2, 0) is 4.74 Å². The highest BCUT2D eigenvalue weighted by Gasteiger charge is 2.10. The second kappa shape index (κ2) is 6.24. The number of aryl methyl sites for hydroxylation is 1. The molecule has 0 aromatic heterocycles. The van der Waals surface area contributed by atoms with Crippen molar-refractivity contribution in [3.63, 3.8) is 0 Å². The number of rotatable bonds is 4. The molecular formula is C17H18O3. The van der Waals surface area contributed by atoms with Crippen molar-refractivity contribution >= 4 is 5.97 Å². The Kier molecular flexibility index (Phi) is 4.41. The number of ether oxygens (including phenoxy) is 2. The maximum absolute atomic E-state index is 11.4. The van der Waals surface area contributed by atoms with E-state index in [4.69, 9.17) is 4.74 Å². The van der Waals surface area contributed by atoms with Crippen molar-refractivity contribution in [2.75, 3.05) is 7.11 Å². The molecule has 2 aromatic carbocycles. The molecule has 0 bridgehead atoms. The van der Waals surface area contributed by atoms with Crippen LogP contribution < -0.4 is 4.74 Å². The van der Waals surface area contributed by atoms with Crippen LogP contribution in [0.25, 0.3) is 0 Å². The fourth-order valence-corrected chi connectivity index (χ4v) is 1.96. The highest BCUT2D eigenvalue weighted by atomic mass is 16.5. The number of hydrogen-bond donors (Lipinski definition) is 0. The molecule has 20 heavy (non-hydrogen) atoms. The summed E-state index contributed by atoms with van der Waals surface area (Å²) < 4.78 is 10.6. The third-order valence-electron chi connectivity index (χ3n) is 3.20. The van der Waals surface area contributed by atoms with Crippen LogP contribution in [0.5, 0.6) is 5.75 Å². The van der Waals surface area contributed by atoms with Crippen LogP contribution in [0.1, 0.15) is 34.5 Å². The summed E-state index contributed by atoms with van der Waals surface area (Å²) >= 11 is 0. The van der Waals surface area contributed by atoms with Crippen LogP contribution in [0.15, 0.2) is 48.5 Å². The molecule has 0 saturated heterocycles. The summed E-state index contributed by atoms with van der Waals surface area (Å²) in [5.41, 5.74) is 2.66. The van der Waals surface area contributed by atoms with Crippen molar-refractivity contribution in [3.05, 3.63) is 65.2 Å². The van der Waals surface area contributed by atoms with Gasteiger partial charge >= 0.3 is 5.97 Å². The topological polar surface area (TPSA) is 35.5 Å². The Labute approximate surface area is 119 Å². The Balaban J connectivity index is 2.12. The SMILES string of the molecule is COC(=O)c1ccc(C(C)Oc2ccccc2C)cc1. The maximum Gasteiger partial charge on any atom is 0.337 e. The first-order chi connectivity index (χ1) is 9.61. The van der Waals surface area contributed by atoms with Gasteiger partial charge in [-0.2, -0.15) is 0 Å². The van der Waals surface area contributed by atoms with E-state index >= 15 is 0 Å². The monoisotopic (exact) mass is 270 g/mol. The zero-order valence-corrected chi connectivity index (χ0v) is 11.9. The molecule has 0 aliphatic carbocycles. The summed E-state index contributed by atoms with van der Waals surface area (Å²) in [4.78, 5) is 11.4. The molecule has 0 saturated carbocycles. The molecule has 0 spiro atoms. The zero-order chi connectivity index (χ0) is 14.5. The van der Waals surface area contributed by atoms with E-state index in [-0.39, 0.29) is 12.1 Å². The first-order valence-corrected chi connectivity index (χ1v) is 6.52. The molecule has 2 rings (SSSR count). The predicted molar refractivity (Wildman–Crippen MR) is 78.0 cm³/mol. The highest BCUT2D eigenvalue weighted by Crippen LogP contribution is 2.24. The molecule has 0 aliphatic heterocycles. The third kappa shape index (κ3) is 3.18. The highest BCUT2D eigenvalue weighted by molar-refractivity contribution is 5.89. The van der Waals surface area contributed by atoms with Crippen LogP contribution in [0, 0.1) is 6.92 Å². The fourth-order valence-electron chi connectivity index (χ4n) is 1.96. The first-order valence-electron chi connectivity index (χ1n) is 6.52. The van der Waals surface area contributed by atoms with Gasteiger partial charge in [0.05, 0.1) is 12.7 Å². The van der Waals surface area contributed by atoms with E-state index in [1.807, 2.05) is 50.2 Å². The summed E-state index contributed by atoms with van der Waals surface area (Å²) in [6, 6.07) is 15.2. The molecule has 0 amide bonds. The number of carbonyl (C=O) groups is 1. The second-order valence-electron chi connectivity index (χ2n) is 4.64. The lowest BCUT2D eigenvalue weighted by atomic mass is 10.1. The van der Waals surface area contributed by atoms with E-state index < -0.39 is 0 Å². The molecular weight excluding hydrogens is 252 g/mol. The lowest BCUT2D eigenvalue weighted by molar-refractivity contribution is 0.0600. The number of esters is 1. The van der Waals surface area contributed by atoms with Crippen molar-refractivity contribution in [2.24, 2.45) is 0 Å². The summed E-state index contributed by atoms with van der Waals surface area (Å²) in [6.45, 7) is 4.00. The van der Waals surface area contributed by atoms with Crippen molar-refractivity contribution in [3.8, 4) is 5.75 Å². The average molecular weight is 270 g/mol. The standard InChI is InChI=1S/C17H18O3/c1-12-6-4-5-7-16(12)20-13(2)14-8-10-15(11-9-14)17(18)19-3/h4-11,13H,1-3H3. The Morgan fingerprint density at radius 1 is 1.05 bits per heavy atom. The third-order valence-corrected chi connectivity index (χ3v) is 3.20. The van der Waals surface area contributed by atoms with Gasteiger partial charge in [-0.15, -0.1) is 0 Å². The number of carbonyl (C=O) groups excluding carboxylic acids is 1. The van der Waals surface area contributed by atoms with Gasteiger partial charge in [0.25, 0.3) is 0 Å². The minimum absolute atomic E-state index is 0.0807. The summed E-state index contributed by atoms with van der Waals surface area (Å²) in [5.74, 6) is 0.543. The first kappa shape index (κ1) is 14.1. The molecule has 0 radical (unpaired) electrons. The number of methoxy groups -OCH3 is 1. The number of benzene rings is 2. The van der Waals surface area contributed by atoms with Crippen molar-refractivity contribution in [1.29, 1.82) is 0 Å². The summed E-state index contributed by atoms with van der Waals surface area (Å²) in [6.07, 6.45) is -0.0807. The molecule has 2 aromatic rings. The predicted octanol–water partition coefficient (Wildman–Crippen LogP) is 3.92. The van der Waals surface area contributed by atoms with E-state index in [1.54, 1.807) is 12.1 Å². The molecule has 1 atom stereocenters. The molecule has 1 unspecified atom stereocenters. The van der Waals surface area contributed by atoms with Gasteiger partial charge in [-0.1, -0.05) is 30.3 Å². The Morgan fingerprint density at radius 2 is 1.70 bits per heavy atom. The lowest BCUT2D eigenvalue weighted by Gasteiger charge is -2.16. The molecule has 0 heterocycles. The Hall–Kier alpha value is -2.29. The Bertz CT molecular complexity index is 587. The van der Waals surface area contributed by atoms with Crippen molar-refractivity contribution in [2.45, 2.75) is 20.0 Å². The van der Waals surface area contributed by atoms with Gasteiger partial charge in [0, 0.05) is 0 Å². The second-order valence-corrected chi connectivity index (χ2v) is 4.64. The van der Waals surface area contributed by atoms with Crippen LogP contribution in [0.4, 0.5) is 0 Å². The smallest absolute Gasteiger partial charge is 0.337 e. The molecule has 0 aliphatic rings. The summed E-state index contributed by atoms with van der Waals surface area (Å²) in [7, 11) is 1.38. The van der Waals surface area contributed by atoms with E-state index in [0.29, 0.717) is 5.56 Å². The average Bonchev–Trinajstić information content (AvgIpc) is 2.49. The molecule has 0 fully saturated rings. The quantitative estimate of drug-likeness (QED) is 0.790. The fraction of sp³-hybridized carbons (Fsp3) is 0.235. The van der Waals surface area contributed by atoms with E-state index in [0.717, 1.165) is 16.9 Å². The molecule has 3 heteroatoms. The lowest BCUT2D eigenvalue weighted by Crippen LogP contribution is -2.05. The van der Waals surface area contributed by atoms with Gasteiger partial charge in [-0.3, -0.25) is 0 Å². The van der Waals surface area contributed by atoms with E-state index in [2.05, 4.69) is 4.74 Å². The minimum atomic E-state index is -0.330. The Morgan fingerprint density at radius 3 is 2.30 bits per heavy atom. The molecule has 0 N–H and O–H groups in total. The largest absolute Gasteiger partial charge is 0.486 e. The van der Waals surface area contributed by atoms with Gasteiger partial charge in [-0.05, 0) is 43.2 Å². The summed E-state index contributed by atoms with van der Waals surface area (Å²) in [5, 5.41) is 0. The number of para-hydroxylation sites is 1. The van der Waals surface area contributed by atoms with Crippen molar-refractivity contribution < 1.29 is 14.3 Å². The van der Waals surface area contributed by atoms with Crippen LogP contribution in [-0.4, -0.2) is 13.1 Å². The normalized spacial score (nSPS) is 11.8. The van der Waals surface area contributed by atoms with E-state index in [9.17, 15) is 4.79 Å². The van der Waals surface area contributed by atoms with Gasteiger partial charge in [0.1, 0.15) is 11.9 Å². The van der Waals surface area contributed by atoms with Crippen LogP contribution >= 0.6 is 0 Å². The van der Waals surface area contributed by atoms with Crippen molar-refractivity contribution in [1.82, 2.24) is 0 Å². The van der Waals surface area contributed by atoms with E-state index in [1.165, 1.54) is 7.11 Å². The van der Waals surface area contributed by atoms with Crippen LogP contribution in [0.3, 0.4) is 0 Å². The van der Waals surface area contributed by atoms with Crippen LogP contribution in [0.2, 0.25) is 0 Å².